The van der Waals surface area contributed by atoms with Gasteiger partial charge in [-0.1, -0.05) is 0 Å². The number of likely N-dealkylation sites (N-methyl/N-ethyl adjacent to an activating group) is 1. The summed E-state index contributed by atoms with van der Waals surface area (Å²) in [5.41, 5.74) is 4.79. The number of hydrogen-bond acceptors (Lipinski definition) is 8. The fourth-order valence-corrected chi connectivity index (χ4v) is 5.73. The first-order valence-electron chi connectivity index (χ1n) is 13.0. The highest BCUT2D eigenvalue weighted by Crippen LogP contribution is 2.44. The Morgan fingerprint density at radius 1 is 1.17 bits per heavy atom. The number of nitrogens with one attached hydrogen (secondary N) is 3. The van der Waals surface area contributed by atoms with Crippen molar-refractivity contribution >= 4 is 50.3 Å². The number of carboxylic acid groups (broad SMARTS) is 1. The first-order valence-corrected chi connectivity index (χ1v) is 13.0. The van der Waals surface area contributed by atoms with Gasteiger partial charge in [-0.25, -0.2) is 28.2 Å². The average Bonchev–Trinajstić information content (AvgIpc) is 3.60. The Balaban J connectivity index is 1.70. The van der Waals surface area contributed by atoms with Crippen molar-refractivity contribution < 1.29 is 18.7 Å². The highest BCUT2D eigenvalue weighted by molar-refractivity contribution is 6.18. The van der Waals surface area contributed by atoms with Gasteiger partial charge in [0.1, 0.15) is 11.2 Å². The molecule has 0 bridgehead atoms. The Kier molecular flexibility index (Phi) is 6.25. The van der Waals surface area contributed by atoms with Crippen LogP contribution in [-0.2, 0) is 0 Å². The predicted molar refractivity (Wildman–Crippen MR) is 155 cm³/mol. The molecule has 1 saturated heterocycles. The van der Waals surface area contributed by atoms with E-state index in [1.54, 1.807) is 32.6 Å². The van der Waals surface area contributed by atoms with Gasteiger partial charge in [0.15, 0.2) is 17.3 Å². The molecule has 5 heterocycles. The summed E-state index contributed by atoms with van der Waals surface area (Å²) in [7, 11) is 7.21. The number of H-pyrrole nitrogens is 1. The fraction of sp³-hybridized carbons (Fsp3) is 0.286. The van der Waals surface area contributed by atoms with Crippen LogP contribution in [0.25, 0.3) is 44.1 Å². The summed E-state index contributed by atoms with van der Waals surface area (Å²) in [5, 5.41) is 13.1. The Morgan fingerprint density at radius 3 is 2.61 bits per heavy atom. The van der Waals surface area contributed by atoms with Gasteiger partial charge in [-0.15, -0.1) is 0 Å². The number of halogens is 2. The van der Waals surface area contributed by atoms with E-state index in [9.17, 15) is 19.1 Å². The summed E-state index contributed by atoms with van der Waals surface area (Å²) in [5.74, 6) is -3.35. The number of carbonyl (C=O) groups is 1. The molecule has 0 unspecified atom stereocenters. The maximum atomic E-state index is 15.6. The first kappa shape index (κ1) is 26.4. The molecule has 4 N–H and O–H groups in total. The number of aromatic nitrogens is 4. The highest BCUT2D eigenvalue weighted by atomic mass is 19.2. The van der Waals surface area contributed by atoms with E-state index in [0.717, 1.165) is 12.5 Å². The first-order chi connectivity index (χ1) is 19.6. The number of anilines is 2. The molecule has 1 atom stereocenters. The number of carboxylic acids is 1. The molecule has 6 rings (SSSR count). The van der Waals surface area contributed by atoms with Gasteiger partial charge in [0.05, 0.1) is 33.1 Å². The second-order valence-electron chi connectivity index (χ2n) is 10.3. The summed E-state index contributed by atoms with van der Waals surface area (Å²) >= 11 is 0. The number of nitrogens with zero attached hydrogens (tertiary/aromatic N) is 5. The van der Waals surface area contributed by atoms with Crippen LogP contribution in [0, 0.1) is 11.6 Å². The zero-order valence-corrected chi connectivity index (χ0v) is 22.8. The van der Waals surface area contributed by atoms with Crippen molar-refractivity contribution in [3.63, 3.8) is 0 Å². The van der Waals surface area contributed by atoms with Crippen LogP contribution in [0.2, 0.25) is 0 Å². The average molecular weight is 563 g/mol. The van der Waals surface area contributed by atoms with Crippen molar-refractivity contribution in [1.29, 1.82) is 0 Å². The molecule has 11 nitrogen and oxygen atoms in total. The van der Waals surface area contributed by atoms with E-state index in [1.807, 2.05) is 14.1 Å². The van der Waals surface area contributed by atoms with Gasteiger partial charge in [-0.05, 0) is 26.6 Å². The number of rotatable bonds is 6. The van der Waals surface area contributed by atoms with Gasteiger partial charge in [0.2, 0.25) is 5.43 Å². The topological polar surface area (TPSA) is 131 Å². The van der Waals surface area contributed by atoms with Crippen molar-refractivity contribution in [2.45, 2.75) is 12.5 Å². The van der Waals surface area contributed by atoms with Crippen LogP contribution in [0.5, 0.6) is 0 Å². The predicted octanol–water partition coefficient (Wildman–Crippen LogP) is 3.42. The molecular weight excluding hydrogens is 534 g/mol. The standard InChI is InChI=1S/C28H28F2N8O3/c1-31-19-8-18(29)22(30)20-21-24(37-6-5-14(11-37)36(3)4)16(10-33-26(21)35-23(19)20)13-7-15-25(39)17(28(40)41)12-38(32-2)27(15)34-9-13/h7-10,12,14,31-32H,5-6,11H2,1-4H3,(H,33,35)(H,40,41)/t14-/m1/s1. The lowest BCUT2D eigenvalue weighted by Gasteiger charge is -2.25. The molecule has 0 aliphatic carbocycles. The van der Waals surface area contributed by atoms with Crippen LogP contribution in [0.15, 0.2) is 35.5 Å². The Morgan fingerprint density at radius 2 is 1.95 bits per heavy atom. The summed E-state index contributed by atoms with van der Waals surface area (Å²) in [6, 6.07) is 2.90. The molecule has 0 spiro atoms. The minimum Gasteiger partial charge on any atom is -0.477 e. The largest absolute Gasteiger partial charge is 0.477 e. The summed E-state index contributed by atoms with van der Waals surface area (Å²) < 4.78 is 31.7. The monoisotopic (exact) mass is 562 g/mol. The molecule has 4 aromatic heterocycles. The third-order valence-corrected chi connectivity index (χ3v) is 7.87. The molecule has 0 saturated carbocycles. The van der Waals surface area contributed by atoms with E-state index in [0.29, 0.717) is 52.1 Å². The van der Waals surface area contributed by atoms with E-state index in [-0.39, 0.29) is 22.5 Å². The highest BCUT2D eigenvalue weighted by Gasteiger charge is 2.31. The van der Waals surface area contributed by atoms with Gasteiger partial charge in [0.25, 0.3) is 0 Å². The number of benzene rings is 1. The van der Waals surface area contributed by atoms with Gasteiger partial charge >= 0.3 is 5.97 Å². The van der Waals surface area contributed by atoms with Crippen molar-refractivity contribution in [3.8, 4) is 11.1 Å². The van der Waals surface area contributed by atoms with Gasteiger partial charge in [0, 0.05) is 69.0 Å². The minimum atomic E-state index is -1.36. The number of pyridine rings is 3. The zero-order chi connectivity index (χ0) is 29.2. The van der Waals surface area contributed by atoms with Crippen LogP contribution >= 0.6 is 0 Å². The molecule has 1 aliphatic rings. The van der Waals surface area contributed by atoms with E-state index in [1.165, 1.54) is 10.9 Å². The van der Waals surface area contributed by atoms with Crippen molar-refractivity contribution in [3.05, 3.63) is 58.1 Å². The van der Waals surface area contributed by atoms with E-state index in [2.05, 4.69) is 35.5 Å². The lowest BCUT2D eigenvalue weighted by molar-refractivity contribution is 0.0695. The number of aromatic amines is 1. The fourth-order valence-electron chi connectivity index (χ4n) is 5.73. The van der Waals surface area contributed by atoms with Gasteiger partial charge in [-0.3, -0.25) is 4.79 Å². The summed E-state index contributed by atoms with van der Waals surface area (Å²) in [6.07, 6.45) is 5.21. The smallest absolute Gasteiger partial charge is 0.341 e. The Labute approximate surface area is 232 Å². The maximum absolute atomic E-state index is 15.6. The molecule has 5 aromatic rings. The molecule has 41 heavy (non-hydrogen) atoms. The lowest BCUT2D eigenvalue weighted by Crippen LogP contribution is -2.31. The van der Waals surface area contributed by atoms with Gasteiger partial charge < -0.3 is 30.6 Å². The molecule has 13 heteroatoms. The quantitative estimate of drug-likeness (QED) is 0.246. The molecular formula is C28H28F2N8O3. The molecule has 212 valence electrons. The Hall–Kier alpha value is -4.78. The normalized spacial score (nSPS) is 15.5. The van der Waals surface area contributed by atoms with Crippen LogP contribution < -0.4 is 21.1 Å². The molecule has 1 aliphatic heterocycles. The van der Waals surface area contributed by atoms with Crippen LogP contribution in [0.4, 0.5) is 20.2 Å². The van der Waals surface area contributed by atoms with E-state index >= 15 is 4.39 Å². The maximum Gasteiger partial charge on any atom is 0.341 e. The SMILES string of the molecule is CNc1cc(F)c(F)c2c1[nH]c1ncc(-c3cnc4c(c3)c(=O)c(C(=O)O)cn4NC)c(N3CC[C@@H](N(C)C)C3)c12. The lowest BCUT2D eigenvalue weighted by atomic mass is 10.0. The second kappa shape index (κ2) is 9.70. The van der Waals surface area contributed by atoms with Crippen LogP contribution in [0.1, 0.15) is 16.8 Å². The summed E-state index contributed by atoms with van der Waals surface area (Å²) in [4.78, 5) is 41.4. The summed E-state index contributed by atoms with van der Waals surface area (Å²) in [6.45, 7) is 1.27. The number of aromatic carboxylic acids is 1. The van der Waals surface area contributed by atoms with Crippen LogP contribution in [0.3, 0.4) is 0 Å². The van der Waals surface area contributed by atoms with Crippen molar-refractivity contribution in [2.24, 2.45) is 0 Å². The zero-order valence-electron chi connectivity index (χ0n) is 22.8. The van der Waals surface area contributed by atoms with E-state index < -0.39 is 28.6 Å². The third kappa shape index (κ3) is 4.03. The molecule has 0 radical (unpaired) electrons. The molecule has 0 amide bonds. The van der Waals surface area contributed by atoms with Crippen LogP contribution in [-0.4, -0.2) is 82.9 Å². The van der Waals surface area contributed by atoms with Crippen molar-refractivity contribution in [1.82, 2.24) is 24.5 Å². The van der Waals surface area contributed by atoms with Crippen molar-refractivity contribution in [2.75, 3.05) is 56.9 Å². The van der Waals surface area contributed by atoms with E-state index in [4.69, 9.17) is 0 Å². The Bertz CT molecular complexity index is 1930. The molecule has 1 fully saturated rings. The number of fused-ring (bicyclic) bond motifs is 4. The number of hydrogen-bond donors (Lipinski definition) is 4. The second-order valence-corrected chi connectivity index (χ2v) is 10.3. The minimum absolute atomic E-state index is 0.0708. The van der Waals surface area contributed by atoms with Gasteiger partial charge in [-0.2, -0.15) is 0 Å². The third-order valence-electron chi connectivity index (χ3n) is 7.87. The molecule has 1 aromatic carbocycles.